The van der Waals surface area contributed by atoms with Crippen LogP contribution in [0, 0.1) is 0 Å². The van der Waals surface area contributed by atoms with E-state index in [-0.39, 0.29) is 11.5 Å². The van der Waals surface area contributed by atoms with Crippen molar-refractivity contribution < 1.29 is 0 Å². The molecule has 0 bridgehead atoms. The highest BCUT2D eigenvalue weighted by Gasteiger charge is 2.51. The average molecular weight is 516 g/mol. The van der Waals surface area contributed by atoms with E-state index in [2.05, 4.69) is 139 Å². The number of rotatable bonds is 1. The Kier molecular flexibility index (Phi) is 4.19. The number of benzene rings is 6. The largest absolute Gasteiger partial charge is 0.332 e. The molecule has 2 aliphatic rings. The van der Waals surface area contributed by atoms with Crippen molar-refractivity contribution >= 4 is 70.5 Å². The van der Waals surface area contributed by atoms with Crippen molar-refractivity contribution in [1.82, 2.24) is 0 Å². The van der Waals surface area contributed by atoms with Gasteiger partial charge in [-0.25, -0.2) is 0 Å². The summed E-state index contributed by atoms with van der Waals surface area (Å²) in [5.41, 5.74) is 6.56. The zero-order valence-corrected chi connectivity index (χ0v) is 22.4. The summed E-state index contributed by atoms with van der Waals surface area (Å²) in [4.78, 5) is 2.66. The van der Waals surface area contributed by atoms with Gasteiger partial charge in [0.25, 0.3) is 0 Å². The smallest absolute Gasteiger partial charge is 0.0727 e. The molecule has 0 amide bonds. The molecular weight excluding hydrogens is 490 g/mol. The first-order valence-electron chi connectivity index (χ1n) is 13.6. The van der Waals surface area contributed by atoms with Gasteiger partial charge in [-0.2, -0.15) is 0 Å². The first kappa shape index (κ1) is 21.5. The van der Waals surface area contributed by atoms with Crippen molar-refractivity contribution in [3.05, 3.63) is 138 Å². The van der Waals surface area contributed by atoms with E-state index in [4.69, 9.17) is 0 Å². The Balaban J connectivity index is 1.45. The molecule has 0 saturated heterocycles. The SMILES string of the molecule is CC12C=Cc3ccccc3C1N(c1ccc3sc4ccccc4c3c1)c1c2c2ccccc2c2ccccc12. The predicted octanol–water partition coefficient (Wildman–Crippen LogP) is 10.5. The maximum Gasteiger partial charge on any atom is 0.0727 e. The molecule has 0 saturated carbocycles. The van der Waals surface area contributed by atoms with E-state index in [0.717, 1.165) is 0 Å². The molecule has 6 aromatic carbocycles. The van der Waals surface area contributed by atoms with Gasteiger partial charge in [-0.05, 0) is 64.0 Å². The van der Waals surface area contributed by atoms with Gasteiger partial charge in [-0.3, -0.25) is 0 Å². The van der Waals surface area contributed by atoms with Crippen molar-refractivity contribution in [2.24, 2.45) is 0 Å². The normalized spacial score (nSPS) is 19.6. The minimum absolute atomic E-state index is 0.158. The second kappa shape index (κ2) is 7.59. The number of nitrogens with zero attached hydrogens (tertiary/aromatic N) is 1. The standard InChI is InChI=1S/C37H25NS/c1-37-21-20-23-10-2-3-11-25(23)36(37)38(24-18-19-33-31(22-24)28-14-8-9-17-32(28)39-33)35-30-16-7-5-13-27(30)26-12-4-6-15-29(26)34(35)37/h2-22,36H,1H3. The summed E-state index contributed by atoms with van der Waals surface area (Å²) in [7, 11) is 0. The van der Waals surface area contributed by atoms with Crippen LogP contribution in [0.25, 0.3) is 47.8 Å². The summed E-state index contributed by atoms with van der Waals surface area (Å²) >= 11 is 1.88. The Hall–Kier alpha value is -4.40. The molecule has 184 valence electrons. The Morgan fingerprint density at radius 3 is 2.10 bits per heavy atom. The first-order valence-corrected chi connectivity index (χ1v) is 14.5. The van der Waals surface area contributed by atoms with Crippen LogP contribution in [0.3, 0.4) is 0 Å². The van der Waals surface area contributed by atoms with Crippen LogP contribution in [0.15, 0.2) is 121 Å². The maximum atomic E-state index is 2.66. The van der Waals surface area contributed by atoms with Gasteiger partial charge in [0.05, 0.1) is 11.7 Å². The van der Waals surface area contributed by atoms with Gasteiger partial charge in [0, 0.05) is 36.7 Å². The van der Waals surface area contributed by atoms with Crippen LogP contribution in [0.4, 0.5) is 11.4 Å². The van der Waals surface area contributed by atoms with E-state index >= 15 is 0 Å². The third-order valence-electron chi connectivity index (χ3n) is 9.05. The van der Waals surface area contributed by atoms with Crippen LogP contribution in [-0.2, 0) is 5.41 Å². The highest BCUT2D eigenvalue weighted by molar-refractivity contribution is 7.25. The monoisotopic (exact) mass is 515 g/mol. The first-order chi connectivity index (χ1) is 19.2. The number of hydrogen-bond donors (Lipinski definition) is 0. The molecule has 7 aromatic rings. The molecule has 0 radical (unpaired) electrons. The van der Waals surface area contributed by atoms with Crippen molar-refractivity contribution in [1.29, 1.82) is 0 Å². The van der Waals surface area contributed by atoms with Crippen LogP contribution >= 0.6 is 11.3 Å². The quantitative estimate of drug-likeness (QED) is 0.197. The Labute approximate surface area is 231 Å². The molecule has 1 aliphatic heterocycles. The van der Waals surface area contributed by atoms with Crippen LogP contribution in [0.1, 0.15) is 29.7 Å². The highest BCUT2D eigenvalue weighted by Crippen LogP contribution is 2.62. The summed E-state index contributed by atoms with van der Waals surface area (Å²) in [5.74, 6) is 0. The van der Waals surface area contributed by atoms with E-state index in [1.807, 2.05) is 11.3 Å². The molecule has 2 atom stereocenters. The molecule has 1 aliphatic carbocycles. The second-order valence-electron chi connectivity index (χ2n) is 11.1. The van der Waals surface area contributed by atoms with E-state index < -0.39 is 0 Å². The molecular formula is C37H25NS. The third-order valence-corrected chi connectivity index (χ3v) is 10.2. The second-order valence-corrected chi connectivity index (χ2v) is 12.2. The van der Waals surface area contributed by atoms with E-state index in [1.165, 1.54) is 69.8 Å². The lowest BCUT2D eigenvalue weighted by atomic mass is 9.70. The zero-order chi connectivity index (χ0) is 25.7. The lowest BCUT2D eigenvalue weighted by Gasteiger charge is -2.39. The van der Waals surface area contributed by atoms with Gasteiger partial charge in [-0.1, -0.05) is 103 Å². The Morgan fingerprint density at radius 1 is 0.615 bits per heavy atom. The Morgan fingerprint density at radius 2 is 1.26 bits per heavy atom. The molecule has 1 aromatic heterocycles. The predicted molar refractivity (Wildman–Crippen MR) is 168 cm³/mol. The zero-order valence-electron chi connectivity index (χ0n) is 21.6. The molecule has 9 rings (SSSR count). The number of hydrogen-bond acceptors (Lipinski definition) is 2. The molecule has 39 heavy (non-hydrogen) atoms. The van der Waals surface area contributed by atoms with Gasteiger partial charge in [-0.15, -0.1) is 11.3 Å². The topological polar surface area (TPSA) is 3.24 Å². The maximum absolute atomic E-state index is 2.66. The van der Waals surface area contributed by atoms with Crippen molar-refractivity contribution in [3.8, 4) is 0 Å². The van der Waals surface area contributed by atoms with Gasteiger partial charge in [0.15, 0.2) is 0 Å². The number of anilines is 2. The summed E-state index contributed by atoms with van der Waals surface area (Å²) < 4.78 is 2.69. The van der Waals surface area contributed by atoms with Crippen LogP contribution in [0.5, 0.6) is 0 Å². The van der Waals surface area contributed by atoms with Crippen molar-refractivity contribution in [3.63, 3.8) is 0 Å². The molecule has 2 heterocycles. The molecule has 0 N–H and O–H groups in total. The lowest BCUT2D eigenvalue weighted by molar-refractivity contribution is 0.501. The molecule has 1 nitrogen and oxygen atoms in total. The Bertz CT molecular complexity index is 2170. The van der Waals surface area contributed by atoms with Crippen LogP contribution < -0.4 is 4.90 Å². The average Bonchev–Trinajstić information content (AvgIpc) is 3.50. The molecule has 2 heteroatoms. The van der Waals surface area contributed by atoms with E-state index in [1.54, 1.807) is 0 Å². The van der Waals surface area contributed by atoms with Gasteiger partial charge in [0.2, 0.25) is 0 Å². The third kappa shape index (κ3) is 2.74. The molecule has 0 fully saturated rings. The molecule has 2 unspecified atom stereocenters. The van der Waals surface area contributed by atoms with E-state index in [0.29, 0.717) is 0 Å². The number of thiophene rings is 1. The summed E-state index contributed by atoms with van der Waals surface area (Å²) in [6, 6.07) is 43.0. The fraction of sp³-hybridized carbons (Fsp3) is 0.0811. The van der Waals surface area contributed by atoms with Crippen LogP contribution in [-0.4, -0.2) is 0 Å². The molecule has 0 spiro atoms. The fourth-order valence-corrected chi connectivity index (χ4v) is 8.49. The fourth-order valence-electron chi connectivity index (χ4n) is 7.41. The van der Waals surface area contributed by atoms with Crippen molar-refractivity contribution in [2.75, 3.05) is 4.90 Å². The lowest BCUT2D eigenvalue weighted by Crippen LogP contribution is -2.34. The van der Waals surface area contributed by atoms with Gasteiger partial charge >= 0.3 is 0 Å². The summed E-state index contributed by atoms with van der Waals surface area (Å²) in [5, 5.41) is 8.01. The van der Waals surface area contributed by atoms with Gasteiger partial charge < -0.3 is 4.90 Å². The minimum Gasteiger partial charge on any atom is -0.332 e. The summed E-state index contributed by atoms with van der Waals surface area (Å²) in [6.07, 6.45) is 4.82. The minimum atomic E-state index is -0.182. The number of fused-ring (bicyclic) bond motifs is 13. The van der Waals surface area contributed by atoms with E-state index in [9.17, 15) is 0 Å². The van der Waals surface area contributed by atoms with Crippen LogP contribution in [0.2, 0.25) is 0 Å². The highest BCUT2D eigenvalue weighted by atomic mass is 32.1. The summed E-state index contributed by atoms with van der Waals surface area (Å²) in [6.45, 7) is 2.45. The van der Waals surface area contributed by atoms with Crippen molar-refractivity contribution in [2.45, 2.75) is 18.4 Å². The van der Waals surface area contributed by atoms with Gasteiger partial charge in [0.1, 0.15) is 0 Å².